The van der Waals surface area contributed by atoms with Gasteiger partial charge in [0.2, 0.25) is 0 Å². The third-order valence-corrected chi connectivity index (χ3v) is 3.42. The van der Waals surface area contributed by atoms with Crippen LogP contribution < -0.4 is 4.90 Å². The molecule has 1 unspecified atom stereocenters. The first-order chi connectivity index (χ1) is 9.63. The molecule has 1 aliphatic heterocycles. The van der Waals surface area contributed by atoms with Gasteiger partial charge in [0.05, 0.1) is 19.3 Å². The number of para-hydroxylation sites is 1. The minimum absolute atomic E-state index is 0.103. The summed E-state index contributed by atoms with van der Waals surface area (Å²) in [5, 5.41) is 0. The lowest BCUT2D eigenvalue weighted by Crippen LogP contribution is -2.36. The van der Waals surface area contributed by atoms with Crippen molar-refractivity contribution in [2.24, 2.45) is 0 Å². The second-order valence-electron chi connectivity index (χ2n) is 4.84. The molecule has 1 aromatic rings. The van der Waals surface area contributed by atoms with Crippen molar-refractivity contribution in [1.82, 2.24) is 4.90 Å². The van der Waals surface area contributed by atoms with Gasteiger partial charge in [0, 0.05) is 5.69 Å². The standard InChI is InChI=1S/C15H20N2O3/c1-3-12(2)20-10-9-16-14(18)11-17(15(16)19)13-7-5-4-6-8-13/h4-8,12H,3,9-11H2,1-2H3. The molecule has 1 aliphatic rings. The maximum absolute atomic E-state index is 12.2. The van der Waals surface area contributed by atoms with Crippen LogP contribution in [0.2, 0.25) is 0 Å². The molecule has 1 saturated heterocycles. The van der Waals surface area contributed by atoms with E-state index in [1.54, 1.807) is 0 Å². The third kappa shape index (κ3) is 3.17. The van der Waals surface area contributed by atoms with Crippen molar-refractivity contribution < 1.29 is 14.3 Å². The predicted molar refractivity (Wildman–Crippen MR) is 76.6 cm³/mol. The third-order valence-electron chi connectivity index (χ3n) is 3.42. The molecule has 108 valence electrons. The van der Waals surface area contributed by atoms with Crippen LogP contribution in [0.1, 0.15) is 20.3 Å². The van der Waals surface area contributed by atoms with E-state index in [9.17, 15) is 9.59 Å². The lowest BCUT2D eigenvalue weighted by atomic mass is 10.3. The van der Waals surface area contributed by atoms with E-state index in [1.807, 2.05) is 44.2 Å². The average molecular weight is 276 g/mol. The van der Waals surface area contributed by atoms with Gasteiger partial charge in [-0.2, -0.15) is 0 Å². The Morgan fingerprint density at radius 3 is 2.60 bits per heavy atom. The molecule has 1 aromatic carbocycles. The summed E-state index contributed by atoms with van der Waals surface area (Å²) >= 11 is 0. The van der Waals surface area contributed by atoms with E-state index >= 15 is 0 Å². The number of hydrogen-bond acceptors (Lipinski definition) is 3. The summed E-state index contributed by atoms with van der Waals surface area (Å²) in [6, 6.07) is 8.95. The van der Waals surface area contributed by atoms with Gasteiger partial charge in [-0.15, -0.1) is 0 Å². The molecule has 0 spiro atoms. The summed E-state index contributed by atoms with van der Waals surface area (Å²) in [6.07, 6.45) is 1.06. The fourth-order valence-electron chi connectivity index (χ4n) is 2.03. The smallest absolute Gasteiger partial charge is 0.331 e. The van der Waals surface area contributed by atoms with Crippen LogP contribution in [0, 0.1) is 0 Å². The highest BCUT2D eigenvalue weighted by Crippen LogP contribution is 2.20. The van der Waals surface area contributed by atoms with E-state index in [1.165, 1.54) is 9.80 Å². The van der Waals surface area contributed by atoms with Crippen molar-refractivity contribution in [3.63, 3.8) is 0 Å². The number of amides is 3. The van der Waals surface area contributed by atoms with Crippen LogP contribution in [0.3, 0.4) is 0 Å². The highest BCUT2D eigenvalue weighted by Gasteiger charge is 2.36. The Morgan fingerprint density at radius 1 is 1.25 bits per heavy atom. The van der Waals surface area contributed by atoms with E-state index < -0.39 is 0 Å². The molecule has 0 aliphatic carbocycles. The van der Waals surface area contributed by atoms with Crippen LogP contribution in [0.25, 0.3) is 0 Å². The second-order valence-corrected chi connectivity index (χ2v) is 4.84. The number of hydrogen-bond donors (Lipinski definition) is 0. The van der Waals surface area contributed by atoms with Crippen molar-refractivity contribution in [3.8, 4) is 0 Å². The fraction of sp³-hybridized carbons (Fsp3) is 0.467. The largest absolute Gasteiger partial charge is 0.377 e. The first-order valence-electron chi connectivity index (χ1n) is 6.92. The van der Waals surface area contributed by atoms with E-state index in [-0.39, 0.29) is 24.6 Å². The number of ether oxygens (including phenoxy) is 1. The first kappa shape index (κ1) is 14.5. The van der Waals surface area contributed by atoms with E-state index in [4.69, 9.17) is 4.74 Å². The van der Waals surface area contributed by atoms with Gasteiger partial charge in [-0.3, -0.25) is 14.6 Å². The second kappa shape index (κ2) is 6.52. The molecule has 1 atom stereocenters. The van der Waals surface area contributed by atoms with Crippen molar-refractivity contribution in [2.45, 2.75) is 26.4 Å². The zero-order valence-electron chi connectivity index (χ0n) is 11.9. The number of benzene rings is 1. The van der Waals surface area contributed by atoms with Crippen LogP contribution in [-0.2, 0) is 9.53 Å². The molecule has 0 bridgehead atoms. The Bertz CT molecular complexity index is 475. The quantitative estimate of drug-likeness (QED) is 0.749. The number of carbonyl (C=O) groups is 2. The highest BCUT2D eigenvalue weighted by molar-refractivity contribution is 6.12. The Morgan fingerprint density at radius 2 is 1.95 bits per heavy atom. The first-order valence-corrected chi connectivity index (χ1v) is 6.92. The van der Waals surface area contributed by atoms with Crippen molar-refractivity contribution in [2.75, 3.05) is 24.6 Å². The minimum Gasteiger partial charge on any atom is -0.377 e. The maximum atomic E-state index is 12.2. The number of imide groups is 1. The van der Waals surface area contributed by atoms with Crippen LogP contribution in [0.4, 0.5) is 10.5 Å². The van der Waals surface area contributed by atoms with Gasteiger partial charge in [0.25, 0.3) is 5.91 Å². The summed E-state index contributed by atoms with van der Waals surface area (Å²) in [6.45, 7) is 4.81. The zero-order chi connectivity index (χ0) is 14.5. The molecule has 3 amide bonds. The van der Waals surface area contributed by atoms with Crippen molar-refractivity contribution in [3.05, 3.63) is 30.3 Å². The van der Waals surface area contributed by atoms with Gasteiger partial charge < -0.3 is 4.74 Å². The molecule has 20 heavy (non-hydrogen) atoms. The molecule has 0 N–H and O–H groups in total. The van der Waals surface area contributed by atoms with Gasteiger partial charge in [-0.05, 0) is 25.5 Å². The Balaban J connectivity index is 1.95. The molecule has 5 nitrogen and oxygen atoms in total. The summed E-state index contributed by atoms with van der Waals surface area (Å²) < 4.78 is 5.53. The van der Waals surface area contributed by atoms with E-state index in [0.29, 0.717) is 13.2 Å². The molecular weight excluding hydrogens is 256 g/mol. The number of urea groups is 1. The summed E-state index contributed by atoms with van der Waals surface area (Å²) in [5.41, 5.74) is 0.746. The van der Waals surface area contributed by atoms with Gasteiger partial charge in [0.1, 0.15) is 6.54 Å². The van der Waals surface area contributed by atoms with Crippen LogP contribution in [0.15, 0.2) is 30.3 Å². The number of rotatable bonds is 6. The van der Waals surface area contributed by atoms with Crippen molar-refractivity contribution in [1.29, 1.82) is 0 Å². The van der Waals surface area contributed by atoms with Crippen LogP contribution >= 0.6 is 0 Å². The van der Waals surface area contributed by atoms with Crippen molar-refractivity contribution >= 4 is 17.6 Å². The van der Waals surface area contributed by atoms with E-state index in [2.05, 4.69) is 0 Å². The minimum atomic E-state index is -0.269. The lowest BCUT2D eigenvalue weighted by molar-refractivity contribution is -0.125. The molecule has 0 radical (unpaired) electrons. The molecule has 0 saturated carbocycles. The van der Waals surface area contributed by atoms with Crippen LogP contribution in [-0.4, -0.2) is 42.6 Å². The summed E-state index contributed by atoms with van der Waals surface area (Å²) in [5.74, 6) is -0.174. The number of anilines is 1. The topological polar surface area (TPSA) is 49.9 Å². The molecule has 0 aromatic heterocycles. The average Bonchev–Trinajstić information content (AvgIpc) is 2.75. The maximum Gasteiger partial charge on any atom is 0.331 e. The predicted octanol–water partition coefficient (Wildman–Crippen LogP) is 2.27. The van der Waals surface area contributed by atoms with Gasteiger partial charge in [0.15, 0.2) is 0 Å². The molecule has 1 fully saturated rings. The Hall–Kier alpha value is -1.88. The number of carbonyl (C=O) groups excluding carboxylic acids is 2. The zero-order valence-corrected chi connectivity index (χ0v) is 11.9. The van der Waals surface area contributed by atoms with E-state index in [0.717, 1.165) is 12.1 Å². The van der Waals surface area contributed by atoms with Gasteiger partial charge >= 0.3 is 6.03 Å². The molecular formula is C15H20N2O3. The molecule has 5 heteroatoms. The lowest BCUT2D eigenvalue weighted by Gasteiger charge is -2.18. The Kier molecular flexibility index (Phi) is 4.74. The highest BCUT2D eigenvalue weighted by atomic mass is 16.5. The molecule has 2 rings (SSSR count). The van der Waals surface area contributed by atoms with Gasteiger partial charge in [-0.1, -0.05) is 25.1 Å². The monoisotopic (exact) mass is 276 g/mol. The fourth-order valence-corrected chi connectivity index (χ4v) is 2.03. The normalized spacial score (nSPS) is 16.9. The number of nitrogens with zero attached hydrogens (tertiary/aromatic N) is 2. The Labute approximate surface area is 119 Å². The van der Waals surface area contributed by atoms with Gasteiger partial charge in [-0.25, -0.2) is 4.79 Å². The SMILES string of the molecule is CCC(C)OCCN1C(=O)CN(c2ccccc2)C1=O. The van der Waals surface area contributed by atoms with Crippen LogP contribution in [0.5, 0.6) is 0 Å². The molecule has 1 heterocycles. The summed E-state index contributed by atoms with van der Waals surface area (Å²) in [7, 11) is 0. The summed E-state index contributed by atoms with van der Waals surface area (Å²) in [4.78, 5) is 26.9.